The van der Waals surface area contributed by atoms with Crippen molar-refractivity contribution in [3.63, 3.8) is 0 Å². The van der Waals surface area contributed by atoms with E-state index in [1.807, 2.05) is 12.1 Å². The zero-order valence-electron chi connectivity index (χ0n) is 9.84. The van der Waals surface area contributed by atoms with Gasteiger partial charge in [0.15, 0.2) is 0 Å². The molecular formula is C13H19Cl2N. The molecule has 90 valence electrons. The maximum atomic E-state index is 6.09. The minimum atomic E-state index is 0.165. The number of benzene rings is 1. The van der Waals surface area contributed by atoms with Crippen LogP contribution in [0.15, 0.2) is 18.2 Å². The van der Waals surface area contributed by atoms with Gasteiger partial charge in [0.1, 0.15) is 0 Å². The smallest absolute Gasteiger partial charge is 0.0439 e. The first-order valence-electron chi connectivity index (χ1n) is 5.68. The second-order valence-corrected chi connectivity index (χ2v) is 5.51. The summed E-state index contributed by atoms with van der Waals surface area (Å²) in [7, 11) is 0. The lowest BCUT2D eigenvalue weighted by Gasteiger charge is -2.14. The van der Waals surface area contributed by atoms with Crippen LogP contribution in [0.4, 0.5) is 0 Å². The molecule has 0 saturated carbocycles. The molecule has 1 nitrogen and oxygen atoms in total. The van der Waals surface area contributed by atoms with Gasteiger partial charge in [-0.15, -0.1) is 0 Å². The van der Waals surface area contributed by atoms with Crippen molar-refractivity contribution >= 4 is 23.2 Å². The highest BCUT2D eigenvalue weighted by Crippen LogP contribution is 2.22. The van der Waals surface area contributed by atoms with E-state index in [1.54, 1.807) is 6.07 Å². The van der Waals surface area contributed by atoms with Crippen molar-refractivity contribution in [1.82, 2.24) is 0 Å². The van der Waals surface area contributed by atoms with Gasteiger partial charge in [0, 0.05) is 16.1 Å². The Hall–Kier alpha value is -0.240. The molecule has 0 bridgehead atoms. The first-order chi connectivity index (χ1) is 7.49. The van der Waals surface area contributed by atoms with Crippen LogP contribution in [0.2, 0.25) is 10.0 Å². The Balaban J connectivity index is 2.55. The fourth-order valence-corrected chi connectivity index (χ4v) is 2.02. The fraction of sp³-hybridized carbons (Fsp3) is 0.538. The van der Waals surface area contributed by atoms with Crippen molar-refractivity contribution in [2.45, 2.75) is 39.2 Å². The summed E-state index contributed by atoms with van der Waals surface area (Å²) < 4.78 is 0. The Bertz CT molecular complexity index is 337. The maximum absolute atomic E-state index is 6.09. The van der Waals surface area contributed by atoms with E-state index in [-0.39, 0.29) is 6.04 Å². The van der Waals surface area contributed by atoms with Crippen LogP contribution in [0.5, 0.6) is 0 Å². The lowest BCUT2D eigenvalue weighted by Crippen LogP contribution is -2.23. The molecule has 1 aromatic carbocycles. The number of hydrogen-bond acceptors (Lipinski definition) is 1. The number of halogens is 2. The molecule has 2 N–H and O–H groups in total. The van der Waals surface area contributed by atoms with Gasteiger partial charge >= 0.3 is 0 Å². The van der Waals surface area contributed by atoms with Gasteiger partial charge in [-0.1, -0.05) is 37.0 Å². The van der Waals surface area contributed by atoms with Gasteiger partial charge < -0.3 is 5.73 Å². The molecule has 0 aliphatic rings. The van der Waals surface area contributed by atoms with Gasteiger partial charge in [-0.3, -0.25) is 0 Å². The maximum Gasteiger partial charge on any atom is 0.0439 e. The molecule has 0 aliphatic carbocycles. The van der Waals surface area contributed by atoms with E-state index in [0.29, 0.717) is 5.92 Å². The predicted molar refractivity (Wildman–Crippen MR) is 72.2 cm³/mol. The van der Waals surface area contributed by atoms with E-state index in [2.05, 4.69) is 13.8 Å². The van der Waals surface area contributed by atoms with E-state index in [0.717, 1.165) is 34.9 Å². The quantitative estimate of drug-likeness (QED) is 0.839. The normalized spacial score (nSPS) is 13.1. The zero-order chi connectivity index (χ0) is 12.1. The SMILES string of the molecule is CC(C)CCC(N)Cc1cc(Cl)ccc1Cl. The third-order valence-corrected chi connectivity index (χ3v) is 3.21. The second kappa shape index (κ2) is 6.48. The molecular weight excluding hydrogens is 241 g/mol. The summed E-state index contributed by atoms with van der Waals surface area (Å²) >= 11 is 12.0. The van der Waals surface area contributed by atoms with Crippen molar-refractivity contribution in [2.75, 3.05) is 0 Å². The highest BCUT2D eigenvalue weighted by Gasteiger charge is 2.08. The van der Waals surface area contributed by atoms with Crippen LogP contribution in [0, 0.1) is 5.92 Å². The highest BCUT2D eigenvalue weighted by molar-refractivity contribution is 6.33. The summed E-state index contributed by atoms with van der Waals surface area (Å²) in [6.45, 7) is 4.41. The number of hydrogen-bond donors (Lipinski definition) is 1. The average molecular weight is 260 g/mol. The minimum Gasteiger partial charge on any atom is -0.327 e. The number of nitrogens with two attached hydrogens (primary N) is 1. The van der Waals surface area contributed by atoms with E-state index >= 15 is 0 Å². The molecule has 16 heavy (non-hydrogen) atoms. The van der Waals surface area contributed by atoms with Crippen molar-refractivity contribution in [2.24, 2.45) is 11.7 Å². The molecule has 0 saturated heterocycles. The van der Waals surface area contributed by atoms with Crippen molar-refractivity contribution < 1.29 is 0 Å². The molecule has 3 heteroatoms. The van der Waals surface area contributed by atoms with Crippen molar-refractivity contribution in [3.8, 4) is 0 Å². The molecule has 0 radical (unpaired) electrons. The summed E-state index contributed by atoms with van der Waals surface area (Å²) in [5.41, 5.74) is 7.12. The molecule has 1 aromatic rings. The van der Waals surface area contributed by atoms with Crippen LogP contribution in [-0.4, -0.2) is 6.04 Å². The third kappa shape index (κ3) is 4.73. The highest BCUT2D eigenvalue weighted by atomic mass is 35.5. The van der Waals surface area contributed by atoms with E-state index in [9.17, 15) is 0 Å². The second-order valence-electron chi connectivity index (χ2n) is 4.67. The Kier molecular flexibility index (Phi) is 5.60. The first-order valence-corrected chi connectivity index (χ1v) is 6.44. The van der Waals surface area contributed by atoms with E-state index in [4.69, 9.17) is 28.9 Å². The summed E-state index contributed by atoms with van der Waals surface area (Å²) in [6.07, 6.45) is 2.98. The molecule has 0 aliphatic heterocycles. The van der Waals surface area contributed by atoms with Crippen LogP contribution in [0.25, 0.3) is 0 Å². The largest absolute Gasteiger partial charge is 0.327 e. The summed E-state index contributed by atoms with van der Waals surface area (Å²) in [5, 5.41) is 1.47. The van der Waals surface area contributed by atoms with Crippen LogP contribution < -0.4 is 5.73 Å². The predicted octanol–water partition coefficient (Wildman–Crippen LogP) is 4.30. The third-order valence-electron chi connectivity index (χ3n) is 2.60. The Morgan fingerprint density at radius 2 is 1.88 bits per heavy atom. The lowest BCUT2D eigenvalue weighted by molar-refractivity contribution is 0.495. The first kappa shape index (κ1) is 13.8. The van der Waals surface area contributed by atoms with Crippen LogP contribution in [-0.2, 0) is 6.42 Å². The molecule has 1 rings (SSSR count). The Morgan fingerprint density at radius 1 is 1.19 bits per heavy atom. The van der Waals surface area contributed by atoms with Gasteiger partial charge in [0.05, 0.1) is 0 Å². The van der Waals surface area contributed by atoms with E-state index < -0.39 is 0 Å². The standard InChI is InChI=1S/C13H19Cl2N/c1-9(2)3-5-12(16)8-10-7-11(14)4-6-13(10)15/h4,6-7,9,12H,3,5,8,16H2,1-2H3. The Labute approximate surface area is 108 Å². The van der Waals surface area contributed by atoms with Gasteiger partial charge in [-0.2, -0.15) is 0 Å². The molecule has 0 amide bonds. The molecule has 0 heterocycles. The summed E-state index contributed by atoms with van der Waals surface area (Å²) in [4.78, 5) is 0. The zero-order valence-corrected chi connectivity index (χ0v) is 11.4. The van der Waals surface area contributed by atoms with Crippen molar-refractivity contribution in [1.29, 1.82) is 0 Å². The van der Waals surface area contributed by atoms with Gasteiger partial charge in [-0.25, -0.2) is 0 Å². The van der Waals surface area contributed by atoms with Gasteiger partial charge in [0.2, 0.25) is 0 Å². The van der Waals surface area contributed by atoms with Crippen LogP contribution in [0.3, 0.4) is 0 Å². The fourth-order valence-electron chi connectivity index (χ4n) is 1.63. The molecule has 1 unspecified atom stereocenters. The summed E-state index contributed by atoms with van der Waals surface area (Å²) in [5.74, 6) is 0.695. The molecule has 0 aromatic heterocycles. The monoisotopic (exact) mass is 259 g/mol. The molecule has 1 atom stereocenters. The molecule has 0 spiro atoms. The lowest BCUT2D eigenvalue weighted by atomic mass is 9.98. The minimum absolute atomic E-state index is 0.165. The van der Waals surface area contributed by atoms with Crippen LogP contribution >= 0.6 is 23.2 Å². The average Bonchev–Trinajstić information content (AvgIpc) is 2.20. The topological polar surface area (TPSA) is 26.0 Å². The number of rotatable bonds is 5. The van der Waals surface area contributed by atoms with Crippen molar-refractivity contribution in [3.05, 3.63) is 33.8 Å². The molecule has 0 fully saturated rings. The Morgan fingerprint density at radius 3 is 2.50 bits per heavy atom. The summed E-state index contributed by atoms with van der Waals surface area (Å²) in [6, 6.07) is 5.69. The van der Waals surface area contributed by atoms with Gasteiger partial charge in [-0.05, 0) is 48.9 Å². The van der Waals surface area contributed by atoms with Crippen LogP contribution in [0.1, 0.15) is 32.3 Å². The van der Waals surface area contributed by atoms with E-state index in [1.165, 1.54) is 0 Å². The van der Waals surface area contributed by atoms with Gasteiger partial charge in [0.25, 0.3) is 0 Å².